The average Bonchev–Trinajstić information content (AvgIpc) is 3.25. The number of rotatable bonds is 4. The molecule has 0 spiro atoms. The number of thiazole rings is 1. The highest BCUT2D eigenvalue weighted by Crippen LogP contribution is 2.39. The molecule has 3 N–H and O–H groups in total. The Labute approximate surface area is 190 Å². The lowest BCUT2D eigenvalue weighted by molar-refractivity contribution is -0.141. The van der Waals surface area contributed by atoms with Gasteiger partial charge in [-0.25, -0.2) is 19.7 Å². The summed E-state index contributed by atoms with van der Waals surface area (Å²) >= 11 is 1.30. The summed E-state index contributed by atoms with van der Waals surface area (Å²) in [6.45, 7) is 2.28. The third-order valence-electron chi connectivity index (χ3n) is 5.33. The van der Waals surface area contributed by atoms with Gasteiger partial charge in [0.25, 0.3) is 0 Å². The molecule has 1 fully saturated rings. The van der Waals surface area contributed by atoms with Crippen LogP contribution in [-0.2, 0) is 11.8 Å². The smallest absolute Gasteiger partial charge is 0.433 e. The van der Waals surface area contributed by atoms with Crippen LogP contribution in [0, 0.1) is 6.92 Å². The number of aromatic nitrogens is 3. The third kappa shape index (κ3) is 5.06. The maximum atomic E-state index is 12.9. The van der Waals surface area contributed by atoms with Crippen LogP contribution >= 0.6 is 11.3 Å². The molecule has 1 aliphatic rings. The van der Waals surface area contributed by atoms with E-state index in [2.05, 4.69) is 20.3 Å². The molecular formula is C21H20F3N5O3S. The predicted molar refractivity (Wildman–Crippen MR) is 115 cm³/mol. The fraction of sp³-hybridized carbons (Fsp3) is 0.333. The number of nitrogens with zero attached hydrogens (tertiary/aromatic N) is 4. The number of hydrogen-bond acceptors (Lipinski definition) is 7. The number of aliphatic hydroxyl groups is 1. The molecule has 8 nitrogen and oxygen atoms in total. The topological polar surface area (TPSA) is 111 Å². The second-order valence-electron chi connectivity index (χ2n) is 7.81. The molecule has 0 aliphatic carbocycles. The Morgan fingerprint density at radius 1 is 1.21 bits per heavy atom. The third-order valence-corrected chi connectivity index (χ3v) is 6.57. The molecule has 33 heavy (non-hydrogen) atoms. The Morgan fingerprint density at radius 3 is 2.61 bits per heavy atom. The summed E-state index contributed by atoms with van der Waals surface area (Å²) < 4.78 is 38.8. The zero-order valence-corrected chi connectivity index (χ0v) is 18.2. The van der Waals surface area contributed by atoms with Gasteiger partial charge in [0.2, 0.25) is 5.95 Å². The van der Waals surface area contributed by atoms with Crippen LogP contribution in [0.15, 0.2) is 36.7 Å². The number of carboxylic acid groups (broad SMARTS) is 1. The number of halogens is 3. The van der Waals surface area contributed by atoms with E-state index >= 15 is 0 Å². The van der Waals surface area contributed by atoms with E-state index < -0.39 is 23.6 Å². The number of hydrogen-bond donors (Lipinski definition) is 3. The zero-order chi connectivity index (χ0) is 23.8. The van der Waals surface area contributed by atoms with Crippen LogP contribution in [0.2, 0.25) is 0 Å². The number of benzene rings is 1. The molecule has 0 saturated carbocycles. The second-order valence-corrected chi connectivity index (χ2v) is 8.84. The van der Waals surface area contributed by atoms with Crippen LogP contribution in [0.25, 0.3) is 10.4 Å². The van der Waals surface area contributed by atoms with Crippen molar-refractivity contribution in [2.24, 2.45) is 0 Å². The first-order valence-corrected chi connectivity index (χ1v) is 10.8. The molecule has 3 aromatic rings. The van der Waals surface area contributed by atoms with Crippen molar-refractivity contribution in [1.29, 1.82) is 0 Å². The summed E-state index contributed by atoms with van der Waals surface area (Å²) in [7, 11) is 0. The molecule has 1 saturated heterocycles. The number of nitrogens with one attached hydrogen (secondary N) is 1. The molecule has 12 heteroatoms. The zero-order valence-electron chi connectivity index (χ0n) is 17.4. The molecule has 0 bridgehead atoms. The van der Waals surface area contributed by atoms with Crippen molar-refractivity contribution in [2.45, 2.75) is 31.5 Å². The van der Waals surface area contributed by atoms with Crippen LogP contribution < -0.4 is 5.32 Å². The lowest BCUT2D eigenvalue weighted by Gasteiger charge is -2.35. The number of likely N-dealkylation sites (tertiary alicyclic amines) is 1. The quantitative estimate of drug-likeness (QED) is 0.500. The van der Waals surface area contributed by atoms with Crippen molar-refractivity contribution in [3.8, 4) is 10.4 Å². The van der Waals surface area contributed by atoms with Crippen LogP contribution in [0.5, 0.6) is 0 Å². The van der Waals surface area contributed by atoms with Crippen molar-refractivity contribution in [3.63, 3.8) is 0 Å². The molecule has 0 unspecified atom stereocenters. The van der Waals surface area contributed by atoms with Crippen LogP contribution in [0.1, 0.15) is 29.1 Å². The first-order valence-electron chi connectivity index (χ1n) is 9.99. The Hall–Kier alpha value is -3.25. The van der Waals surface area contributed by atoms with Gasteiger partial charge >= 0.3 is 12.3 Å². The molecule has 1 aromatic carbocycles. The van der Waals surface area contributed by atoms with E-state index in [0.29, 0.717) is 10.7 Å². The minimum Gasteiger partial charge on any atom is -0.465 e. The van der Waals surface area contributed by atoms with E-state index in [-0.39, 0.29) is 31.9 Å². The van der Waals surface area contributed by atoms with Gasteiger partial charge in [-0.05, 0) is 36.2 Å². The van der Waals surface area contributed by atoms with Crippen molar-refractivity contribution in [1.82, 2.24) is 19.9 Å². The first-order chi connectivity index (χ1) is 15.5. The number of piperidine rings is 1. The maximum absolute atomic E-state index is 12.9. The summed E-state index contributed by atoms with van der Waals surface area (Å²) in [6.07, 6.45) is -2.42. The molecule has 1 amide bonds. The number of aryl methyl sites for hydroxylation is 1. The predicted octanol–water partition coefficient (Wildman–Crippen LogP) is 4.63. The summed E-state index contributed by atoms with van der Waals surface area (Å²) in [6, 6.07) is 6.19. The van der Waals surface area contributed by atoms with E-state index in [4.69, 9.17) is 5.11 Å². The van der Waals surface area contributed by atoms with Gasteiger partial charge in [0.1, 0.15) is 16.3 Å². The summed E-state index contributed by atoms with van der Waals surface area (Å²) in [5.74, 6) is -0.175. The maximum Gasteiger partial charge on any atom is 0.433 e. The highest BCUT2D eigenvalue weighted by molar-refractivity contribution is 7.15. The van der Waals surface area contributed by atoms with E-state index in [9.17, 15) is 23.1 Å². The first kappa shape index (κ1) is 22.9. The van der Waals surface area contributed by atoms with Gasteiger partial charge in [0.05, 0.1) is 4.88 Å². The molecule has 0 radical (unpaired) electrons. The van der Waals surface area contributed by atoms with E-state index in [1.807, 2.05) is 13.0 Å². The normalized spacial score (nSPS) is 16.0. The van der Waals surface area contributed by atoms with E-state index in [1.54, 1.807) is 18.3 Å². The molecule has 0 atom stereocenters. The number of amides is 1. The highest BCUT2D eigenvalue weighted by atomic mass is 32.1. The van der Waals surface area contributed by atoms with Gasteiger partial charge < -0.3 is 20.4 Å². The van der Waals surface area contributed by atoms with Gasteiger partial charge in [0, 0.05) is 44.0 Å². The molecule has 2 aromatic heterocycles. The number of alkyl halides is 3. The molecule has 3 heterocycles. The van der Waals surface area contributed by atoms with Gasteiger partial charge in [-0.2, -0.15) is 13.2 Å². The van der Waals surface area contributed by atoms with Gasteiger partial charge in [-0.15, -0.1) is 11.3 Å². The Bertz CT molecular complexity index is 1180. The second kappa shape index (κ2) is 8.60. The van der Waals surface area contributed by atoms with Crippen molar-refractivity contribution in [3.05, 3.63) is 52.9 Å². The molecule has 1 aliphatic heterocycles. The van der Waals surface area contributed by atoms with Crippen molar-refractivity contribution >= 4 is 29.1 Å². The SMILES string of the molecule is Cc1cc(Nc2nccc(C(F)(F)F)n2)cc(-c2cnc(C3(O)CCN(C(=O)O)CC3)s2)c1. The summed E-state index contributed by atoms with van der Waals surface area (Å²) in [5, 5.41) is 23.4. The number of carbonyl (C=O) groups is 1. The Kier molecular flexibility index (Phi) is 5.97. The molecule has 174 valence electrons. The van der Waals surface area contributed by atoms with Gasteiger partial charge in [-0.1, -0.05) is 6.07 Å². The largest absolute Gasteiger partial charge is 0.465 e. The minimum atomic E-state index is -4.57. The lowest BCUT2D eigenvalue weighted by Crippen LogP contribution is -2.44. The fourth-order valence-corrected chi connectivity index (χ4v) is 4.66. The summed E-state index contributed by atoms with van der Waals surface area (Å²) in [5.41, 5.74) is -0.119. The Balaban J connectivity index is 1.56. The molecule has 4 rings (SSSR count). The monoisotopic (exact) mass is 479 g/mol. The van der Waals surface area contributed by atoms with E-state index in [1.165, 1.54) is 16.2 Å². The van der Waals surface area contributed by atoms with Crippen LogP contribution in [0.3, 0.4) is 0 Å². The average molecular weight is 479 g/mol. The standard InChI is InChI=1S/C21H20F3N5O3S/c1-12-8-13(10-14(9-12)27-18-25-5-2-16(28-18)21(22,23)24)15-11-26-17(33-15)20(32)3-6-29(7-4-20)19(30)31/h2,5,8-11,32H,3-4,6-7H2,1H3,(H,30,31)(H,25,27,28). The fourth-order valence-electron chi connectivity index (χ4n) is 3.61. The molecular weight excluding hydrogens is 459 g/mol. The van der Waals surface area contributed by atoms with Crippen LogP contribution in [0.4, 0.5) is 29.6 Å². The summed E-state index contributed by atoms with van der Waals surface area (Å²) in [4.78, 5) is 24.9. The minimum absolute atomic E-state index is 0.175. The van der Waals surface area contributed by atoms with Gasteiger partial charge in [-0.3, -0.25) is 0 Å². The number of anilines is 2. The van der Waals surface area contributed by atoms with Crippen molar-refractivity contribution < 1.29 is 28.2 Å². The van der Waals surface area contributed by atoms with Gasteiger partial charge in [0.15, 0.2) is 0 Å². The lowest BCUT2D eigenvalue weighted by atomic mass is 9.92. The highest BCUT2D eigenvalue weighted by Gasteiger charge is 2.38. The van der Waals surface area contributed by atoms with E-state index in [0.717, 1.165) is 28.3 Å². The van der Waals surface area contributed by atoms with Crippen LogP contribution in [-0.4, -0.2) is 49.2 Å². The Morgan fingerprint density at radius 2 is 1.94 bits per heavy atom. The van der Waals surface area contributed by atoms with Crippen molar-refractivity contribution in [2.75, 3.05) is 18.4 Å².